The van der Waals surface area contributed by atoms with E-state index in [0.717, 1.165) is 37.4 Å². The number of carbonyl (C=O) groups excluding carboxylic acids is 1. The number of carbonyl (C=O) groups is 1. The lowest BCUT2D eigenvalue weighted by Gasteiger charge is -2.38. The van der Waals surface area contributed by atoms with E-state index < -0.39 is 5.54 Å². The predicted octanol–water partition coefficient (Wildman–Crippen LogP) is 0.683. The Bertz CT molecular complexity index is 445. The predicted molar refractivity (Wildman–Crippen MR) is 74.7 cm³/mol. The normalized spacial score (nSPS) is 27.4. The van der Waals surface area contributed by atoms with Crippen molar-refractivity contribution in [2.45, 2.75) is 48.6 Å². The summed E-state index contributed by atoms with van der Waals surface area (Å²) in [6.07, 6.45) is 5.22. The number of hydrogen-bond acceptors (Lipinski definition) is 5. The maximum Gasteiger partial charge on any atom is 0.237 e. The lowest BCUT2D eigenvalue weighted by molar-refractivity contribution is -0.125. The van der Waals surface area contributed by atoms with Gasteiger partial charge in [-0.05, 0) is 32.2 Å². The molecule has 1 saturated carbocycles. The molecule has 0 saturated heterocycles. The Hall–Kier alpha value is -1.08. The standard InChI is InChI=1S/C12H21N5OS/c1-3-15-12(10(13)18)6-4-5-9(7-12)19-11-14-8-16-17(11)2/h8-9,15H,3-7H2,1-2H3,(H2,13,18). The van der Waals surface area contributed by atoms with Crippen molar-refractivity contribution in [3.63, 3.8) is 0 Å². The smallest absolute Gasteiger partial charge is 0.237 e. The van der Waals surface area contributed by atoms with Crippen LogP contribution < -0.4 is 11.1 Å². The van der Waals surface area contributed by atoms with Gasteiger partial charge in [-0.1, -0.05) is 18.7 Å². The first-order chi connectivity index (χ1) is 9.07. The van der Waals surface area contributed by atoms with Crippen LogP contribution in [-0.4, -0.2) is 38.0 Å². The molecule has 1 aliphatic rings. The molecule has 2 rings (SSSR count). The molecule has 7 heteroatoms. The number of hydrogen-bond donors (Lipinski definition) is 2. The van der Waals surface area contributed by atoms with E-state index in [9.17, 15) is 4.79 Å². The summed E-state index contributed by atoms with van der Waals surface area (Å²) in [4.78, 5) is 16.0. The zero-order valence-electron chi connectivity index (χ0n) is 11.4. The van der Waals surface area contributed by atoms with E-state index in [1.807, 2.05) is 14.0 Å². The van der Waals surface area contributed by atoms with Crippen molar-refractivity contribution in [3.8, 4) is 0 Å². The first-order valence-corrected chi connectivity index (χ1v) is 7.51. The zero-order chi connectivity index (χ0) is 13.9. The van der Waals surface area contributed by atoms with Crippen molar-refractivity contribution >= 4 is 17.7 Å². The molecular formula is C12H21N5OS. The molecular weight excluding hydrogens is 262 g/mol. The second-order valence-electron chi connectivity index (χ2n) is 4.98. The minimum absolute atomic E-state index is 0.238. The van der Waals surface area contributed by atoms with Gasteiger partial charge in [0.2, 0.25) is 5.91 Å². The van der Waals surface area contributed by atoms with Crippen LogP contribution in [0.1, 0.15) is 32.6 Å². The number of amides is 1. The molecule has 0 radical (unpaired) electrons. The minimum Gasteiger partial charge on any atom is -0.368 e. The first kappa shape index (κ1) is 14.3. The molecule has 2 unspecified atom stereocenters. The third-order valence-corrected chi connectivity index (χ3v) is 4.95. The number of thioether (sulfide) groups is 1. The Morgan fingerprint density at radius 2 is 2.53 bits per heavy atom. The van der Waals surface area contributed by atoms with Crippen LogP contribution in [-0.2, 0) is 11.8 Å². The summed E-state index contributed by atoms with van der Waals surface area (Å²) in [5, 5.41) is 8.60. The van der Waals surface area contributed by atoms with Crippen LogP contribution in [0.2, 0.25) is 0 Å². The Balaban J connectivity index is 2.07. The van der Waals surface area contributed by atoms with Crippen molar-refractivity contribution < 1.29 is 4.79 Å². The zero-order valence-corrected chi connectivity index (χ0v) is 12.2. The maximum absolute atomic E-state index is 11.8. The van der Waals surface area contributed by atoms with Crippen LogP contribution in [0.5, 0.6) is 0 Å². The molecule has 1 heterocycles. The topological polar surface area (TPSA) is 85.8 Å². The van der Waals surface area contributed by atoms with Crippen LogP contribution in [0.25, 0.3) is 0 Å². The molecule has 0 aromatic carbocycles. The van der Waals surface area contributed by atoms with Crippen molar-refractivity contribution in [2.24, 2.45) is 12.8 Å². The average Bonchev–Trinajstić information content (AvgIpc) is 2.76. The molecule has 3 N–H and O–H groups in total. The van der Waals surface area contributed by atoms with Gasteiger partial charge in [-0.25, -0.2) is 9.67 Å². The number of rotatable bonds is 5. The third kappa shape index (κ3) is 3.09. The fourth-order valence-electron chi connectivity index (χ4n) is 2.68. The highest BCUT2D eigenvalue weighted by atomic mass is 32.2. The van der Waals surface area contributed by atoms with Gasteiger partial charge in [-0.2, -0.15) is 5.10 Å². The van der Waals surface area contributed by atoms with Gasteiger partial charge in [-0.3, -0.25) is 4.79 Å². The summed E-state index contributed by atoms with van der Waals surface area (Å²) in [6.45, 7) is 2.76. The highest BCUT2D eigenvalue weighted by Gasteiger charge is 2.41. The molecule has 1 fully saturated rings. The largest absolute Gasteiger partial charge is 0.368 e. The SMILES string of the molecule is CCNC1(C(N)=O)CCCC(Sc2ncnn2C)C1. The van der Waals surface area contributed by atoms with Gasteiger partial charge >= 0.3 is 0 Å². The summed E-state index contributed by atoms with van der Waals surface area (Å²) in [7, 11) is 1.88. The van der Waals surface area contributed by atoms with Crippen molar-refractivity contribution in [3.05, 3.63) is 6.33 Å². The van der Waals surface area contributed by atoms with Gasteiger partial charge in [0.15, 0.2) is 5.16 Å². The van der Waals surface area contributed by atoms with Gasteiger partial charge in [-0.15, -0.1) is 0 Å². The number of nitrogens with zero attached hydrogens (tertiary/aromatic N) is 3. The van der Waals surface area contributed by atoms with E-state index in [-0.39, 0.29) is 5.91 Å². The summed E-state index contributed by atoms with van der Waals surface area (Å²) in [5.41, 5.74) is 5.06. The highest BCUT2D eigenvalue weighted by Crippen LogP contribution is 2.37. The summed E-state index contributed by atoms with van der Waals surface area (Å²) < 4.78 is 1.76. The number of primary amides is 1. The van der Waals surface area contributed by atoms with Crippen LogP contribution >= 0.6 is 11.8 Å². The van der Waals surface area contributed by atoms with Crippen LogP contribution in [0.15, 0.2) is 11.5 Å². The molecule has 106 valence electrons. The lowest BCUT2D eigenvalue weighted by Crippen LogP contribution is -2.58. The second kappa shape index (κ2) is 5.92. The Kier molecular flexibility index (Phi) is 4.46. The van der Waals surface area contributed by atoms with E-state index in [0.29, 0.717) is 5.25 Å². The van der Waals surface area contributed by atoms with Gasteiger partial charge in [0, 0.05) is 12.3 Å². The van der Waals surface area contributed by atoms with Gasteiger partial charge in [0.25, 0.3) is 0 Å². The molecule has 0 bridgehead atoms. The van der Waals surface area contributed by atoms with Crippen LogP contribution in [0.4, 0.5) is 0 Å². The minimum atomic E-state index is -0.552. The monoisotopic (exact) mass is 283 g/mol. The molecule has 1 aromatic rings. The molecule has 1 aromatic heterocycles. The number of aryl methyl sites for hydroxylation is 1. The number of nitrogens with two attached hydrogens (primary N) is 1. The molecule has 2 atom stereocenters. The van der Waals surface area contributed by atoms with E-state index in [1.165, 1.54) is 0 Å². The van der Waals surface area contributed by atoms with Crippen LogP contribution in [0, 0.1) is 0 Å². The van der Waals surface area contributed by atoms with Gasteiger partial charge < -0.3 is 11.1 Å². The summed E-state index contributed by atoms with van der Waals surface area (Å²) in [6, 6.07) is 0. The fourth-order valence-corrected chi connectivity index (χ4v) is 3.93. The number of likely N-dealkylation sites (N-methyl/N-ethyl adjacent to an activating group) is 1. The van der Waals surface area contributed by atoms with Crippen molar-refractivity contribution in [1.29, 1.82) is 0 Å². The summed E-state index contributed by atoms with van der Waals surface area (Å²) in [5.74, 6) is -0.238. The Morgan fingerprint density at radius 3 is 3.11 bits per heavy atom. The van der Waals surface area contributed by atoms with Gasteiger partial charge in [0.05, 0.1) is 5.54 Å². The summed E-state index contributed by atoms with van der Waals surface area (Å²) >= 11 is 1.68. The van der Waals surface area contributed by atoms with Crippen LogP contribution in [0.3, 0.4) is 0 Å². The Morgan fingerprint density at radius 1 is 1.74 bits per heavy atom. The highest BCUT2D eigenvalue weighted by molar-refractivity contribution is 7.99. The van der Waals surface area contributed by atoms with Gasteiger partial charge in [0.1, 0.15) is 6.33 Å². The van der Waals surface area contributed by atoms with E-state index in [2.05, 4.69) is 15.4 Å². The molecule has 6 nitrogen and oxygen atoms in total. The quantitative estimate of drug-likeness (QED) is 0.830. The fraction of sp³-hybridized carbons (Fsp3) is 0.750. The first-order valence-electron chi connectivity index (χ1n) is 6.63. The molecule has 1 amide bonds. The Labute approximate surface area is 117 Å². The second-order valence-corrected chi connectivity index (χ2v) is 6.25. The lowest BCUT2D eigenvalue weighted by atomic mass is 9.80. The van der Waals surface area contributed by atoms with Crippen molar-refractivity contribution in [1.82, 2.24) is 20.1 Å². The maximum atomic E-state index is 11.8. The van der Waals surface area contributed by atoms with Crippen molar-refractivity contribution in [2.75, 3.05) is 6.54 Å². The molecule has 0 aliphatic heterocycles. The average molecular weight is 283 g/mol. The van der Waals surface area contributed by atoms with E-state index >= 15 is 0 Å². The molecule has 0 spiro atoms. The third-order valence-electron chi connectivity index (χ3n) is 3.63. The molecule has 1 aliphatic carbocycles. The number of aromatic nitrogens is 3. The van der Waals surface area contributed by atoms with E-state index in [1.54, 1.807) is 22.8 Å². The number of nitrogens with one attached hydrogen (secondary N) is 1. The molecule has 19 heavy (non-hydrogen) atoms. The van der Waals surface area contributed by atoms with E-state index in [4.69, 9.17) is 5.73 Å².